The molecule has 0 unspecified atom stereocenters. The number of alkyl halides is 3. The lowest BCUT2D eigenvalue weighted by Crippen LogP contribution is -2.29. The van der Waals surface area contributed by atoms with Crippen molar-refractivity contribution in [2.75, 3.05) is 0 Å². The maximum atomic E-state index is 12.1. The van der Waals surface area contributed by atoms with Gasteiger partial charge in [0.25, 0.3) is 0 Å². The van der Waals surface area contributed by atoms with Crippen LogP contribution < -0.4 is 11.4 Å². The van der Waals surface area contributed by atoms with E-state index in [2.05, 4.69) is 5.10 Å². The van der Waals surface area contributed by atoms with Crippen molar-refractivity contribution in [1.29, 1.82) is 0 Å². The standard InChI is InChI=1S/C7H11F3N4O/c1-2-4(11)5-12-13-6(15)14(5)3-7(8,9)10/h4H,2-3,11H2,1H3,(H,13,15)/t4-/m0/s1. The quantitative estimate of drug-likeness (QED) is 0.786. The molecule has 8 heteroatoms. The summed E-state index contributed by atoms with van der Waals surface area (Å²) in [5, 5.41) is 5.42. The van der Waals surface area contributed by atoms with Gasteiger partial charge in [-0.15, -0.1) is 0 Å². The normalized spacial score (nSPS) is 14.2. The molecule has 1 aromatic heterocycles. The average Bonchev–Trinajstić information content (AvgIpc) is 2.45. The Morgan fingerprint density at radius 2 is 2.20 bits per heavy atom. The Hall–Kier alpha value is -1.31. The lowest BCUT2D eigenvalue weighted by atomic mass is 10.2. The van der Waals surface area contributed by atoms with Crippen LogP contribution in [0.2, 0.25) is 0 Å². The van der Waals surface area contributed by atoms with E-state index in [-0.39, 0.29) is 5.82 Å². The summed E-state index contributed by atoms with van der Waals surface area (Å²) in [7, 11) is 0. The number of nitrogens with zero attached hydrogens (tertiary/aromatic N) is 2. The molecule has 0 bridgehead atoms. The van der Waals surface area contributed by atoms with E-state index in [9.17, 15) is 18.0 Å². The molecule has 1 heterocycles. The van der Waals surface area contributed by atoms with Gasteiger partial charge < -0.3 is 5.73 Å². The summed E-state index contributed by atoms with van der Waals surface area (Å²) >= 11 is 0. The summed E-state index contributed by atoms with van der Waals surface area (Å²) in [5.74, 6) is -0.0696. The van der Waals surface area contributed by atoms with Crippen molar-refractivity contribution >= 4 is 0 Å². The molecule has 0 radical (unpaired) electrons. The van der Waals surface area contributed by atoms with Crippen LogP contribution in [0.4, 0.5) is 13.2 Å². The summed E-state index contributed by atoms with van der Waals surface area (Å²) in [6.07, 6.45) is -4.06. The van der Waals surface area contributed by atoms with E-state index in [1.807, 2.05) is 5.10 Å². The largest absolute Gasteiger partial charge is 0.406 e. The Balaban J connectivity index is 3.05. The molecule has 1 atom stereocenters. The number of hydrogen-bond acceptors (Lipinski definition) is 3. The lowest BCUT2D eigenvalue weighted by Gasteiger charge is -2.11. The van der Waals surface area contributed by atoms with Crippen LogP contribution in [0, 0.1) is 0 Å². The molecule has 0 amide bonds. The lowest BCUT2D eigenvalue weighted by molar-refractivity contribution is -0.141. The van der Waals surface area contributed by atoms with E-state index in [1.165, 1.54) is 0 Å². The number of hydrogen-bond donors (Lipinski definition) is 2. The van der Waals surface area contributed by atoms with Crippen molar-refractivity contribution in [3.63, 3.8) is 0 Å². The highest BCUT2D eigenvalue weighted by Crippen LogP contribution is 2.18. The van der Waals surface area contributed by atoms with Crippen LogP contribution in [-0.4, -0.2) is 20.9 Å². The maximum Gasteiger partial charge on any atom is 0.406 e. The van der Waals surface area contributed by atoms with Crippen LogP contribution in [0.1, 0.15) is 25.2 Å². The van der Waals surface area contributed by atoms with E-state index in [0.717, 1.165) is 0 Å². The minimum atomic E-state index is -4.46. The molecule has 0 aliphatic carbocycles. The molecule has 0 saturated carbocycles. The molecule has 0 spiro atoms. The van der Waals surface area contributed by atoms with Gasteiger partial charge in [-0.1, -0.05) is 6.92 Å². The van der Waals surface area contributed by atoms with Crippen LogP contribution in [-0.2, 0) is 6.54 Å². The number of nitrogens with two attached hydrogens (primary N) is 1. The van der Waals surface area contributed by atoms with Gasteiger partial charge in [0.15, 0.2) is 5.82 Å². The van der Waals surface area contributed by atoms with Crippen molar-refractivity contribution in [1.82, 2.24) is 14.8 Å². The smallest absolute Gasteiger partial charge is 0.321 e. The van der Waals surface area contributed by atoms with E-state index in [4.69, 9.17) is 5.73 Å². The SMILES string of the molecule is CC[C@H](N)c1n[nH]c(=O)n1CC(F)(F)F. The molecular formula is C7H11F3N4O. The van der Waals surface area contributed by atoms with Gasteiger partial charge in [-0.2, -0.15) is 18.3 Å². The zero-order valence-electron chi connectivity index (χ0n) is 8.01. The molecule has 0 aliphatic rings. The van der Waals surface area contributed by atoms with Crippen LogP contribution in [0.5, 0.6) is 0 Å². The Labute approximate surface area is 83.1 Å². The second kappa shape index (κ2) is 4.05. The first kappa shape index (κ1) is 11.8. The number of aromatic nitrogens is 3. The van der Waals surface area contributed by atoms with E-state index in [0.29, 0.717) is 11.0 Å². The molecule has 5 nitrogen and oxygen atoms in total. The van der Waals surface area contributed by atoms with Gasteiger partial charge in [0.05, 0.1) is 6.04 Å². The molecule has 1 rings (SSSR count). The summed E-state index contributed by atoms with van der Waals surface area (Å²) in [6, 6.07) is -0.675. The zero-order chi connectivity index (χ0) is 11.6. The van der Waals surface area contributed by atoms with Crippen molar-refractivity contribution in [3.05, 3.63) is 16.3 Å². The summed E-state index contributed by atoms with van der Waals surface area (Å²) in [5.41, 5.74) is 4.62. The van der Waals surface area contributed by atoms with Crippen LogP contribution in [0.25, 0.3) is 0 Å². The third-order valence-electron chi connectivity index (χ3n) is 1.90. The van der Waals surface area contributed by atoms with Crippen LogP contribution >= 0.6 is 0 Å². The zero-order valence-corrected chi connectivity index (χ0v) is 8.01. The monoisotopic (exact) mass is 224 g/mol. The summed E-state index contributed by atoms with van der Waals surface area (Å²) in [6.45, 7) is 0.327. The first-order valence-electron chi connectivity index (χ1n) is 4.32. The molecule has 86 valence electrons. The minimum absolute atomic E-state index is 0.0696. The average molecular weight is 224 g/mol. The number of nitrogens with one attached hydrogen (secondary N) is 1. The van der Waals surface area contributed by atoms with Crippen molar-refractivity contribution < 1.29 is 13.2 Å². The Morgan fingerprint density at radius 1 is 1.60 bits per heavy atom. The molecule has 3 N–H and O–H groups in total. The molecule has 0 fully saturated rings. The highest BCUT2D eigenvalue weighted by atomic mass is 19.4. The molecule has 0 saturated heterocycles. The highest BCUT2D eigenvalue weighted by molar-refractivity contribution is 4.93. The second-order valence-corrected chi connectivity index (χ2v) is 3.10. The van der Waals surface area contributed by atoms with Gasteiger partial charge in [-0.05, 0) is 6.42 Å². The molecule has 0 aliphatic heterocycles. The summed E-state index contributed by atoms with van der Waals surface area (Å²) in [4.78, 5) is 11.0. The number of rotatable bonds is 3. The van der Waals surface area contributed by atoms with E-state index < -0.39 is 24.5 Å². The van der Waals surface area contributed by atoms with Crippen LogP contribution in [0.15, 0.2) is 4.79 Å². The van der Waals surface area contributed by atoms with Crippen molar-refractivity contribution in [3.8, 4) is 0 Å². The molecule has 15 heavy (non-hydrogen) atoms. The number of H-pyrrole nitrogens is 1. The van der Waals surface area contributed by atoms with E-state index >= 15 is 0 Å². The minimum Gasteiger partial charge on any atom is -0.321 e. The third kappa shape index (κ3) is 2.82. The van der Waals surface area contributed by atoms with Gasteiger partial charge in [0.1, 0.15) is 6.54 Å². The van der Waals surface area contributed by atoms with Crippen molar-refractivity contribution in [2.24, 2.45) is 5.73 Å². The van der Waals surface area contributed by atoms with Gasteiger partial charge >= 0.3 is 11.9 Å². The molecule has 1 aromatic rings. The van der Waals surface area contributed by atoms with Gasteiger partial charge in [-0.3, -0.25) is 4.57 Å². The predicted molar refractivity (Wildman–Crippen MR) is 46.1 cm³/mol. The van der Waals surface area contributed by atoms with Crippen LogP contribution in [0.3, 0.4) is 0 Å². The maximum absolute atomic E-state index is 12.1. The van der Waals surface area contributed by atoms with Gasteiger partial charge in [0.2, 0.25) is 0 Å². The molecule has 0 aromatic carbocycles. The fourth-order valence-corrected chi connectivity index (χ4v) is 1.13. The Bertz CT molecular complexity index is 380. The summed E-state index contributed by atoms with van der Waals surface area (Å²) < 4.78 is 36.8. The topological polar surface area (TPSA) is 76.7 Å². The van der Waals surface area contributed by atoms with E-state index in [1.54, 1.807) is 6.92 Å². The first-order chi connectivity index (χ1) is 6.85. The third-order valence-corrected chi connectivity index (χ3v) is 1.90. The fourth-order valence-electron chi connectivity index (χ4n) is 1.13. The highest BCUT2D eigenvalue weighted by Gasteiger charge is 2.31. The van der Waals surface area contributed by atoms with Crippen molar-refractivity contribution in [2.45, 2.75) is 32.1 Å². The van der Waals surface area contributed by atoms with Gasteiger partial charge in [0, 0.05) is 0 Å². The Morgan fingerprint density at radius 3 is 2.67 bits per heavy atom. The molecular weight excluding hydrogens is 213 g/mol. The Kier molecular flexibility index (Phi) is 3.18. The first-order valence-corrected chi connectivity index (χ1v) is 4.32. The second-order valence-electron chi connectivity index (χ2n) is 3.10. The van der Waals surface area contributed by atoms with Gasteiger partial charge in [-0.25, -0.2) is 9.89 Å². The fraction of sp³-hybridized carbons (Fsp3) is 0.714. The number of halogens is 3. The number of aromatic amines is 1. The predicted octanol–water partition coefficient (Wildman–Crippen LogP) is 0.544.